The molecule has 1 amide bonds. The monoisotopic (exact) mass is 343 g/mol. The molecular formula is C24H25NO. The summed E-state index contributed by atoms with van der Waals surface area (Å²) in [6.45, 7) is 6.55. The Bertz CT molecular complexity index is 807. The first-order valence-electron chi connectivity index (χ1n) is 8.96. The molecule has 0 atom stereocenters. The fourth-order valence-corrected chi connectivity index (χ4v) is 3.05. The van der Waals surface area contributed by atoms with Gasteiger partial charge in [0.1, 0.15) is 0 Å². The molecule has 3 aromatic carbocycles. The van der Waals surface area contributed by atoms with Crippen molar-refractivity contribution in [1.82, 2.24) is 0 Å². The van der Waals surface area contributed by atoms with E-state index >= 15 is 0 Å². The minimum Gasteiger partial charge on any atom is -0.325 e. The average Bonchev–Trinajstić information content (AvgIpc) is 2.63. The number of amides is 1. The maximum absolute atomic E-state index is 13.1. The summed E-state index contributed by atoms with van der Waals surface area (Å²) in [5.41, 5.74) is 4.14. The number of anilines is 1. The van der Waals surface area contributed by atoms with Crippen LogP contribution >= 0.6 is 0 Å². The van der Waals surface area contributed by atoms with Crippen LogP contribution < -0.4 is 5.32 Å². The maximum atomic E-state index is 13.1. The Morgan fingerprint density at radius 3 is 1.62 bits per heavy atom. The lowest BCUT2D eigenvalue weighted by Crippen LogP contribution is -2.22. The molecule has 3 rings (SSSR count). The second-order valence-electron chi connectivity index (χ2n) is 7.57. The molecular weight excluding hydrogens is 318 g/mol. The fraction of sp³-hybridized carbons (Fsp3) is 0.208. The standard InChI is InChI=1S/C24H25NO/c1-24(2,3)20-14-16-21(17-15-20)25-23(26)22(18-10-6-4-7-11-18)19-12-8-5-9-13-19/h4-17,22H,1-3H3,(H,25,26). The third-order valence-electron chi connectivity index (χ3n) is 4.55. The van der Waals surface area contributed by atoms with E-state index in [0.29, 0.717) is 0 Å². The van der Waals surface area contributed by atoms with E-state index in [-0.39, 0.29) is 17.2 Å². The summed E-state index contributed by atoms with van der Waals surface area (Å²) in [5, 5.41) is 3.08. The van der Waals surface area contributed by atoms with Crippen LogP contribution in [0.2, 0.25) is 0 Å². The van der Waals surface area contributed by atoms with E-state index in [2.05, 4.69) is 38.2 Å². The van der Waals surface area contributed by atoms with Gasteiger partial charge in [0, 0.05) is 5.69 Å². The highest BCUT2D eigenvalue weighted by Crippen LogP contribution is 2.27. The van der Waals surface area contributed by atoms with Gasteiger partial charge in [-0.25, -0.2) is 0 Å². The molecule has 0 saturated heterocycles. The summed E-state index contributed by atoms with van der Waals surface area (Å²) < 4.78 is 0. The molecule has 2 heteroatoms. The second kappa shape index (κ2) is 7.57. The molecule has 1 N–H and O–H groups in total. The van der Waals surface area contributed by atoms with Gasteiger partial charge in [-0.05, 0) is 34.2 Å². The van der Waals surface area contributed by atoms with Crippen LogP contribution in [0, 0.1) is 0 Å². The van der Waals surface area contributed by atoms with Crippen molar-refractivity contribution in [1.29, 1.82) is 0 Å². The summed E-state index contributed by atoms with van der Waals surface area (Å²) in [6, 6.07) is 27.9. The third kappa shape index (κ3) is 4.20. The van der Waals surface area contributed by atoms with Crippen LogP contribution in [0.3, 0.4) is 0 Å². The van der Waals surface area contributed by atoms with Gasteiger partial charge in [0.05, 0.1) is 5.92 Å². The topological polar surface area (TPSA) is 29.1 Å². The Morgan fingerprint density at radius 1 is 0.731 bits per heavy atom. The minimum atomic E-state index is -0.334. The van der Waals surface area contributed by atoms with E-state index in [4.69, 9.17) is 0 Å². The van der Waals surface area contributed by atoms with Gasteiger partial charge < -0.3 is 5.32 Å². The van der Waals surface area contributed by atoms with Crippen molar-refractivity contribution in [3.05, 3.63) is 102 Å². The van der Waals surface area contributed by atoms with Crippen molar-refractivity contribution < 1.29 is 4.79 Å². The van der Waals surface area contributed by atoms with Crippen molar-refractivity contribution in [2.45, 2.75) is 32.1 Å². The summed E-state index contributed by atoms with van der Waals surface area (Å²) in [5.74, 6) is -0.356. The van der Waals surface area contributed by atoms with Crippen LogP contribution in [0.15, 0.2) is 84.9 Å². The minimum absolute atomic E-state index is 0.0223. The number of benzene rings is 3. The van der Waals surface area contributed by atoms with Gasteiger partial charge in [-0.1, -0.05) is 93.6 Å². The Balaban J connectivity index is 1.87. The molecule has 132 valence electrons. The maximum Gasteiger partial charge on any atom is 0.236 e. The van der Waals surface area contributed by atoms with Gasteiger partial charge >= 0.3 is 0 Å². The van der Waals surface area contributed by atoms with Crippen molar-refractivity contribution >= 4 is 11.6 Å². The number of carbonyl (C=O) groups excluding carboxylic acids is 1. The van der Waals surface area contributed by atoms with Crippen LogP contribution in [0.4, 0.5) is 5.69 Å². The van der Waals surface area contributed by atoms with Gasteiger partial charge in [0.2, 0.25) is 5.91 Å². The number of hydrogen-bond acceptors (Lipinski definition) is 1. The molecule has 2 nitrogen and oxygen atoms in total. The molecule has 0 heterocycles. The molecule has 0 saturated carbocycles. The highest BCUT2D eigenvalue weighted by atomic mass is 16.1. The summed E-state index contributed by atoms with van der Waals surface area (Å²) in [7, 11) is 0. The normalized spacial score (nSPS) is 11.4. The van der Waals surface area contributed by atoms with Crippen molar-refractivity contribution in [3.8, 4) is 0 Å². The van der Waals surface area contributed by atoms with Crippen LogP contribution in [0.5, 0.6) is 0 Å². The Kier molecular flexibility index (Phi) is 5.22. The van der Waals surface area contributed by atoms with Crippen molar-refractivity contribution in [2.24, 2.45) is 0 Å². The van der Waals surface area contributed by atoms with Crippen LogP contribution in [-0.2, 0) is 10.2 Å². The van der Waals surface area contributed by atoms with Crippen LogP contribution in [0.1, 0.15) is 43.4 Å². The highest BCUT2D eigenvalue weighted by Gasteiger charge is 2.22. The lowest BCUT2D eigenvalue weighted by atomic mass is 9.87. The van der Waals surface area contributed by atoms with E-state index in [0.717, 1.165) is 16.8 Å². The quantitative estimate of drug-likeness (QED) is 0.641. The van der Waals surface area contributed by atoms with Gasteiger partial charge in [0.15, 0.2) is 0 Å². The van der Waals surface area contributed by atoms with E-state index in [1.54, 1.807) is 0 Å². The zero-order valence-electron chi connectivity index (χ0n) is 15.6. The zero-order valence-corrected chi connectivity index (χ0v) is 15.6. The molecule has 26 heavy (non-hydrogen) atoms. The van der Waals surface area contributed by atoms with Gasteiger partial charge in [-0.3, -0.25) is 4.79 Å². The smallest absolute Gasteiger partial charge is 0.236 e. The number of nitrogens with one attached hydrogen (secondary N) is 1. The molecule has 0 radical (unpaired) electrons. The Morgan fingerprint density at radius 2 is 1.19 bits per heavy atom. The van der Waals surface area contributed by atoms with E-state index < -0.39 is 0 Å². The zero-order chi connectivity index (χ0) is 18.6. The summed E-state index contributed by atoms with van der Waals surface area (Å²) >= 11 is 0. The second-order valence-corrected chi connectivity index (χ2v) is 7.57. The first-order valence-corrected chi connectivity index (χ1v) is 8.96. The molecule has 0 unspecified atom stereocenters. The van der Waals surface area contributed by atoms with E-state index in [1.165, 1.54) is 5.56 Å². The number of hydrogen-bond donors (Lipinski definition) is 1. The SMILES string of the molecule is CC(C)(C)c1ccc(NC(=O)C(c2ccccc2)c2ccccc2)cc1. The number of rotatable bonds is 4. The van der Waals surface area contributed by atoms with E-state index in [1.807, 2.05) is 72.8 Å². The molecule has 0 aliphatic heterocycles. The number of carbonyl (C=O) groups is 1. The molecule has 0 fully saturated rings. The first kappa shape index (κ1) is 17.9. The summed E-state index contributed by atoms with van der Waals surface area (Å²) in [4.78, 5) is 13.1. The Labute approximate surface area is 155 Å². The van der Waals surface area contributed by atoms with Crippen molar-refractivity contribution in [3.63, 3.8) is 0 Å². The largest absolute Gasteiger partial charge is 0.325 e. The van der Waals surface area contributed by atoms with Crippen LogP contribution in [0.25, 0.3) is 0 Å². The molecule has 0 bridgehead atoms. The molecule has 0 aliphatic carbocycles. The molecule has 0 aromatic heterocycles. The van der Waals surface area contributed by atoms with Gasteiger partial charge in [0.25, 0.3) is 0 Å². The van der Waals surface area contributed by atoms with E-state index in [9.17, 15) is 4.79 Å². The fourth-order valence-electron chi connectivity index (χ4n) is 3.05. The van der Waals surface area contributed by atoms with Crippen molar-refractivity contribution in [2.75, 3.05) is 5.32 Å². The molecule has 3 aromatic rings. The Hall–Kier alpha value is -2.87. The predicted molar refractivity (Wildman–Crippen MR) is 108 cm³/mol. The summed E-state index contributed by atoms with van der Waals surface area (Å²) in [6.07, 6.45) is 0. The molecule has 0 spiro atoms. The van der Waals surface area contributed by atoms with Gasteiger partial charge in [-0.15, -0.1) is 0 Å². The van der Waals surface area contributed by atoms with Gasteiger partial charge in [-0.2, -0.15) is 0 Å². The molecule has 0 aliphatic rings. The first-order chi connectivity index (χ1) is 12.4. The lowest BCUT2D eigenvalue weighted by molar-refractivity contribution is -0.116. The lowest BCUT2D eigenvalue weighted by Gasteiger charge is -2.20. The predicted octanol–water partition coefficient (Wildman–Crippen LogP) is 5.75. The highest BCUT2D eigenvalue weighted by molar-refractivity contribution is 5.98. The average molecular weight is 343 g/mol. The van der Waals surface area contributed by atoms with Crippen LogP contribution in [-0.4, -0.2) is 5.91 Å². The third-order valence-corrected chi connectivity index (χ3v) is 4.55.